The molecule has 5 nitrogen and oxygen atoms in total. The van der Waals surface area contributed by atoms with E-state index in [9.17, 15) is 9.59 Å². The van der Waals surface area contributed by atoms with Gasteiger partial charge in [-0.25, -0.2) is 0 Å². The maximum Gasteiger partial charge on any atom is 0.305 e. The number of hydrogen-bond acceptors (Lipinski definition) is 4. The highest BCUT2D eigenvalue weighted by Crippen LogP contribution is 2.20. The molecule has 0 spiro atoms. The van der Waals surface area contributed by atoms with Crippen molar-refractivity contribution in [3.63, 3.8) is 0 Å². The molecule has 1 amide bonds. The summed E-state index contributed by atoms with van der Waals surface area (Å²) in [5.41, 5.74) is 1.32. The first-order valence-electron chi connectivity index (χ1n) is 8.30. The van der Waals surface area contributed by atoms with Gasteiger partial charge in [0.2, 0.25) is 5.91 Å². The molecule has 1 heterocycles. The second-order valence-electron chi connectivity index (χ2n) is 5.99. The summed E-state index contributed by atoms with van der Waals surface area (Å²) in [6.45, 7) is 1.94. The molecule has 1 aliphatic heterocycles. The lowest BCUT2D eigenvalue weighted by molar-refractivity contribution is -0.140. The van der Waals surface area contributed by atoms with E-state index in [1.807, 2.05) is 6.07 Å². The Kier molecular flexibility index (Phi) is 7.07. The van der Waals surface area contributed by atoms with E-state index >= 15 is 0 Å². The fourth-order valence-electron chi connectivity index (χ4n) is 3.02. The van der Waals surface area contributed by atoms with Crippen LogP contribution < -0.4 is 5.32 Å². The second kappa shape index (κ2) is 9.30. The molecular weight excluding hydrogens is 292 g/mol. The van der Waals surface area contributed by atoms with E-state index in [1.54, 1.807) is 0 Å². The Labute approximate surface area is 138 Å². The number of carbonyl (C=O) groups is 2. The lowest BCUT2D eigenvalue weighted by Gasteiger charge is -2.24. The fraction of sp³-hybridized carbons (Fsp3) is 0.556. The highest BCUT2D eigenvalue weighted by molar-refractivity contribution is 5.78. The molecule has 0 radical (unpaired) electrons. The third-order valence-corrected chi connectivity index (χ3v) is 4.27. The molecule has 1 atom stereocenters. The van der Waals surface area contributed by atoms with Crippen LogP contribution in [-0.4, -0.2) is 49.6 Å². The van der Waals surface area contributed by atoms with E-state index in [1.165, 1.54) is 12.7 Å². The molecule has 1 unspecified atom stereocenters. The number of esters is 1. The van der Waals surface area contributed by atoms with Crippen molar-refractivity contribution in [2.75, 3.05) is 26.7 Å². The number of likely N-dealkylation sites (tertiary alicyclic amines) is 1. The molecule has 0 aliphatic carbocycles. The average molecular weight is 318 g/mol. The van der Waals surface area contributed by atoms with E-state index in [0.29, 0.717) is 32.0 Å². The minimum Gasteiger partial charge on any atom is -0.469 e. The summed E-state index contributed by atoms with van der Waals surface area (Å²) in [7, 11) is 1.38. The standard InChI is InChI=1S/C18H26N2O3/c1-23-18(22)10-5-11-19-17(21)14-20-12-6-9-16(20)13-15-7-3-2-4-8-15/h2-4,7-8,16H,5-6,9-14H2,1H3,(H,19,21). The lowest BCUT2D eigenvalue weighted by Crippen LogP contribution is -2.40. The van der Waals surface area contributed by atoms with Gasteiger partial charge in [-0.2, -0.15) is 0 Å². The first kappa shape index (κ1) is 17.5. The van der Waals surface area contributed by atoms with Crippen LogP contribution in [0.2, 0.25) is 0 Å². The molecule has 1 saturated heterocycles. The monoisotopic (exact) mass is 318 g/mol. The largest absolute Gasteiger partial charge is 0.469 e. The molecular formula is C18H26N2O3. The van der Waals surface area contributed by atoms with Crippen molar-refractivity contribution in [1.82, 2.24) is 10.2 Å². The quantitative estimate of drug-likeness (QED) is 0.586. The van der Waals surface area contributed by atoms with E-state index in [-0.39, 0.29) is 11.9 Å². The highest BCUT2D eigenvalue weighted by Gasteiger charge is 2.26. The zero-order chi connectivity index (χ0) is 16.5. The maximum atomic E-state index is 12.0. The number of amides is 1. The number of rotatable bonds is 8. The van der Waals surface area contributed by atoms with Gasteiger partial charge in [0, 0.05) is 19.0 Å². The molecule has 23 heavy (non-hydrogen) atoms. The minimum absolute atomic E-state index is 0.0369. The summed E-state index contributed by atoms with van der Waals surface area (Å²) in [4.78, 5) is 25.3. The zero-order valence-corrected chi connectivity index (χ0v) is 13.8. The summed E-state index contributed by atoms with van der Waals surface area (Å²) < 4.78 is 4.58. The molecule has 1 aromatic carbocycles. The van der Waals surface area contributed by atoms with Crippen molar-refractivity contribution in [2.45, 2.75) is 38.1 Å². The van der Waals surface area contributed by atoms with Crippen LogP contribution in [0.4, 0.5) is 0 Å². The van der Waals surface area contributed by atoms with E-state index in [0.717, 1.165) is 25.8 Å². The minimum atomic E-state index is -0.235. The fourth-order valence-corrected chi connectivity index (χ4v) is 3.02. The zero-order valence-electron chi connectivity index (χ0n) is 13.8. The summed E-state index contributed by atoms with van der Waals surface area (Å²) >= 11 is 0. The first-order valence-corrected chi connectivity index (χ1v) is 8.30. The van der Waals surface area contributed by atoms with Gasteiger partial charge in [0.05, 0.1) is 13.7 Å². The molecule has 5 heteroatoms. The molecule has 126 valence electrons. The van der Waals surface area contributed by atoms with Crippen LogP contribution in [-0.2, 0) is 20.7 Å². The van der Waals surface area contributed by atoms with Crippen molar-refractivity contribution >= 4 is 11.9 Å². The smallest absolute Gasteiger partial charge is 0.305 e. The van der Waals surface area contributed by atoms with Crippen molar-refractivity contribution < 1.29 is 14.3 Å². The van der Waals surface area contributed by atoms with E-state index < -0.39 is 0 Å². The Morgan fingerprint density at radius 1 is 1.30 bits per heavy atom. The van der Waals surface area contributed by atoms with Crippen molar-refractivity contribution in [3.05, 3.63) is 35.9 Å². The number of methoxy groups -OCH3 is 1. The molecule has 0 bridgehead atoms. The van der Waals surface area contributed by atoms with Gasteiger partial charge in [0.1, 0.15) is 0 Å². The predicted molar refractivity (Wildman–Crippen MR) is 89.0 cm³/mol. The Balaban J connectivity index is 1.71. The number of benzene rings is 1. The first-order chi connectivity index (χ1) is 11.2. The predicted octanol–water partition coefficient (Wildman–Crippen LogP) is 1.76. The van der Waals surface area contributed by atoms with Crippen LogP contribution in [0.25, 0.3) is 0 Å². The topological polar surface area (TPSA) is 58.6 Å². The summed E-state index contributed by atoms with van der Waals surface area (Å²) in [5, 5.41) is 2.89. The van der Waals surface area contributed by atoms with E-state index in [4.69, 9.17) is 0 Å². The number of hydrogen-bond donors (Lipinski definition) is 1. The SMILES string of the molecule is COC(=O)CCCNC(=O)CN1CCCC1Cc1ccccc1. The van der Waals surface area contributed by atoms with Crippen LogP contribution in [0.3, 0.4) is 0 Å². The van der Waals surface area contributed by atoms with Gasteiger partial charge < -0.3 is 10.1 Å². The number of nitrogens with one attached hydrogen (secondary N) is 1. The lowest BCUT2D eigenvalue weighted by atomic mass is 10.0. The van der Waals surface area contributed by atoms with Crippen LogP contribution >= 0.6 is 0 Å². The Morgan fingerprint density at radius 2 is 2.09 bits per heavy atom. The third-order valence-electron chi connectivity index (χ3n) is 4.27. The Morgan fingerprint density at radius 3 is 2.83 bits per heavy atom. The Hall–Kier alpha value is -1.88. The van der Waals surface area contributed by atoms with Crippen molar-refractivity contribution in [1.29, 1.82) is 0 Å². The van der Waals surface area contributed by atoms with Gasteiger partial charge in [-0.3, -0.25) is 14.5 Å². The van der Waals surface area contributed by atoms with E-state index in [2.05, 4.69) is 39.2 Å². The van der Waals surface area contributed by atoms with Crippen molar-refractivity contribution in [3.8, 4) is 0 Å². The highest BCUT2D eigenvalue weighted by atomic mass is 16.5. The summed E-state index contributed by atoms with van der Waals surface area (Å²) in [6, 6.07) is 10.9. The molecule has 1 fully saturated rings. The van der Waals surface area contributed by atoms with Gasteiger partial charge in [0.25, 0.3) is 0 Å². The summed E-state index contributed by atoms with van der Waals surface area (Å²) in [5.74, 6) is -0.198. The number of carbonyl (C=O) groups excluding carboxylic acids is 2. The number of ether oxygens (including phenoxy) is 1. The third kappa shape index (κ3) is 6.02. The normalized spacial score (nSPS) is 17.9. The molecule has 0 saturated carbocycles. The number of nitrogens with zero attached hydrogens (tertiary/aromatic N) is 1. The molecule has 2 rings (SSSR count). The maximum absolute atomic E-state index is 12.0. The summed E-state index contributed by atoms with van der Waals surface area (Å²) in [6.07, 6.45) is 4.25. The second-order valence-corrected chi connectivity index (χ2v) is 5.99. The van der Waals surface area contributed by atoms with Crippen molar-refractivity contribution in [2.24, 2.45) is 0 Å². The van der Waals surface area contributed by atoms with Crippen LogP contribution in [0.15, 0.2) is 30.3 Å². The van der Waals surface area contributed by atoms with Crippen LogP contribution in [0, 0.1) is 0 Å². The Bertz CT molecular complexity index is 504. The molecule has 1 aromatic rings. The molecule has 1 N–H and O–H groups in total. The average Bonchev–Trinajstić information content (AvgIpc) is 2.99. The van der Waals surface area contributed by atoms with Gasteiger partial charge in [-0.05, 0) is 37.8 Å². The molecule has 0 aromatic heterocycles. The van der Waals surface area contributed by atoms with Gasteiger partial charge in [0.15, 0.2) is 0 Å². The van der Waals surface area contributed by atoms with Gasteiger partial charge in [-0.15, -0.1) is 0 Å². The van der Waals surface area contributed by atoms with Gasteiger partial charge >= 0.3 is 5.97 Å². The molecule has 1 aliphatic rings. The van der Waals surface area contributed by atoms with Crippen LogP contribution in [0.1, 0.15) is 31.2 Å². The van der Waals surface area contributed by atoms with Gasteiger partial charge in [-0.1, -0.05) is 30.3 Å². The van der Waals surface area contributed by atoms with Crippen LogP contribution in [0.5, 0.6) is 0 Å².